The van der Waals surface area contributed by atoms with Crippen LogP contribution in [0.25, 0.3) is 11.3 Å². The number of aromatic nitrogens is 2. The topological polar surface area (TPSA) is 48.6 Å². The number of H-pyrrole nitrogens is 2. The van der Waals surface area contributed by atoms with Crippen LogP contribution in [0.2, 0.25) is 0 Å². The van der Waals surface area contributed by atoms with Gasteiger partial charge in [0.05, 0.1) is 5.69 Å². The van der Waals surface area contributed by atoms with Gasteiger partial charge in [-0.15, -0.1) is 0 Å². The lowest BCUT2D eigenvalue weighted by Gasteiger charge is -2.06. The van der Waals surface area contributed by atoms with E-state index in [1.165, 1.54) is 0 Å². The molecular formula is C12H13BrN2O. The van der Waals surface area contributed by atoms with Crippen LogP contribution in [-0.4, -0.2) is 9.97 Å². The molecule has 2 N–H and O–H groups in total. The first kappa shape index (κ1) is 11.2. The number of benzene rings is 1. The summed E-state index contributed by atoms with van der Waals surface area (Å²) in [6, 6.07) is 7.89. The molecule has 0 saturated carbocycles. The highest BCUT2D eigenvalue weighted by Gasteiger charge is 2.11. The summed E-state index contributed by atoms with van der Waals surface area (Å²) in [5.41, 5.74) is 2.70. The fourth-order valence-corrected chi connectivity index (χ4v) is 1.94. The van der Waals surface area contributed by atoms with E-state index in [1.54, 1.807) is 0 Å². The lowest BCUT2D eigenvalue weighted by atomic mass is 10.0. The Labute approximate surface area is 102 Å². The van der Waals surface area contributed by atoms with Crippen LogP contribution in [0.3, 0.4) is 0 Å². The van der Waals surface area contributed by atoms with Crippen molar-refractivity contribution in [1.29, 1.82) is 0 Å². The Morgan fingerprint density at radius 1 is 1.12 bits per heavy atom. The molecule has 4 heteroatoms. The van der Waals surface area contributed by atoms with Gasteiger partial charge in [0.25, 0.3) is 0 Å². The maximum Gasteiger partial charge on any atom is 0.323 e. The normalized spacial score (nSPS) is 11.0. The number of halogens is 1. The van der Waals surface area contributed by atoms with Gasteiger partial charge in [-0.2, -0.15) is 0 Å². The lowest BCUT2D eigenvalue weighted by Crippen LogP contribution is -2.01. The Kier molecular flexibility index (Phi) is 3.01. The van der Waals surface area contributed by atoms with E-state index in [4.69, 9.17) is 0 Å². The Morgan fingerprint density at radius 3 is 2.31 bits per heavy atom. The molecule has 0 fully saturated rings. The summed E-state index contributed by atoms with van der Waals surface area (Å²) in [7, 11) is 0. The summed E-state index contributed by atoms with van der Waals surface area (Å²) in [6.07, 6.45) is 0. The van der Waals surface area contributed by atoms with Crippen molar-refractivity contribution in [3.63, 3.8) is 0 Å². The Bertz CT molecular complexity index is 537. The molecule has 0 radical (unpaired) electrons. The molecule has 16 heavy (non-hydrogen) atoms. The minimum atomic E-state index is -0.151. The summed E-state index contributed by atoms with van der Waals surface area (Å²) in [6.45, 7) is 4.11. The van der Waals surface area contributed by atoms with Crippen molar-refractivity contribution in [3.8, 4) is 11.3 Å². The molecule has 0 unspecified atom stereocenters. The summed E-state index contributed by atoms with van der Waals surface area (Å²) in [5, 5.41) is 0. The second-order valence-electron chi connectivity index (χ2n) is 4.03. The van der Waals surface area contributed by atoms with Gasteiger partial charge >= 0.3 is 5.69 Å². The molecule has 0 saturated heterocycles. The highest BCUT2D eigenvalue weighted by molar-refractivity contribution is 9.10. The van der Waals surface area contributed by atoms with Crippen LogP contribution in [0, 0.1) is 0 Å². The molecule has 84 valence electrons. The van der Waals surface area contributed by atoms with Crippen LogP contribution in [0.15, 0.2) is 33.5 Å². The van der Waals surface area contributed by atoms with E-state index < -0.39 is 0 Å². The molecule has 0 aliphatic carbocycles. The van der Waals surface area contributed by atoms with E-state index in [0.717, 1.165) is 21.4 Å². The maximum atomic E-state index is 11.3. The molecule has 1 aromatic carbocycles. The van der Waals surface area contributed by atoms with Crippen LogP contribution in [0.1, 0.15) is 25.5 Å². The minimum Gasteiger partial charge on any atom is -0.309 e. The van der Waals surface area contributed by atoms with Crippen molar-refractivity contribution < 1.29 is 0 Å². The smallest absolute Gasteiger partial charge is 0.309 e. The standard InChI is InChI=1S/C12H13BrN2O/c1-7(2)10-11(15-12(16)14-10)8-3-5-9(13)6-4-8/h3-7H,1-2H3,(H2,14,15,16). The van der Waals surface area contributed by atoms with Crippen molar-refractivity contribution >= 4 is 15.9 Å². The number of hydrogen-bond donors (Lipinski definition) is 2. The zero-order chi connectivity index (χ0) is 11.7. The number of aromatic amines is 2. The molecule has 3 nitrogen and oxygen atoms in total. The monoisotopic (exact) mass is 280 g/mol. The Morgan fingerprint density at radius 2 is 1.75 bits per heavy atom. The maximum absolute atomic E-state index is 11.3. The highest BCUT2D eigenvalue weighted by atomic mass is 79.9. The summed E-state index contributed by atoms with van der Waals surface area (Å²) in [4.78, 5) is 17.0. The lowest BCUT2D eigenvalue weighted by molar-refractivity contribution is 0.831. The zero-order valence-electron chi connectivity index (χ0n) is 9.17. The number of imidazole rings is 1. The van der Waals surface area contributed by atoms with Crippen LogP contribution < -0.4 is 5.69 Å². The van der Waals surface area contributed by atoms with Gasteiger partial charge in [0.1, 0.15) is 0 Å². The second-order valence-corrected chi connectivity index (χ2v) is 4.95. The van der Waals surface area contributed by atoms with Crippen molar-refractivity contribution in [3.05, 3.63) is 44.9 Å². The van der Waals surface area contributed by atoms with Gasteiger partial charge in [0, 0.05) is 10.2 Å². The Balaban J connectivity index is 2.55. The van der Waals surface area contributed by atoms with Gasteiger partial charge in [-0.3, -0.25) is 0 Å². The van der Waals surface area contributed by atoms with E-state index >= 15 is 0 Å². The first-order chi connectivity index (χ1) is 7.58. The van der Waals surface area contributed by atoms with Crippen LogP contribution in [-0.2, 0) is 0 Å². The fraction of sp³-hybridized carbons (Fsp3) is 0.250. The van der Waals surface area contributed by atoms with E-state index in [0.29, 0.717) is 0 Å². The SMILES string of the molecule is CC(C)c1[nH]c(=O)[nH]c1-c1ccc(Br)cc1. The van der Waals surface area contributed by atoms with Crippen molar-refractivity contribution in [1.82, 2.24) is 9.97 Å². The average Bonchev–Trinajstić information content (AvgIpc) is 2.61. The predicted molar refractivity (Wildman–Crippen MR) is 68.6 cm³/mol. The molecule has 2 aromatic rings. The van der Waals surface area contributed by atoms with Gasteiger partial charge in [-0.05, 0) is 23.6 Å². The molecule has 0 spiro atoms. The Hall–Kier alpha value is -1.29. The third-order valence-corrected chi connectivity index (χ3v) is 2.99. The van der Waals surface area contributed by atoms with E-state index in [-0.39, 0.29) is 11.6 Å². The van der Waals surface area contributed by atoms with E-state index in [9.17, 15) is 4.79 Å². The average molecular weight is 281 g/mol. The van der Waals surface area contributed by atoms with Crippen LogP contribution in [0.5, 0.6) is 0 Å². The molecule has 0 aliphatic rings. The minimum absolute atomic E-state index is 0.151. The third kappa shape index (κ3) is 2.11. The summed E-state index contributed by atoms with van der Waals surface area (Å²) < 4.78 is 1.03. The molecule has 2 rings (SSSR count). The highest BCUT2D eigenvalue weighted by Crippen LogP contribution is 2.25. The first-order valence-corrected chi connectivity index (χ1v) is 5.95. The molecule has 1 heterocycles. The molecular weight excluding hydrogens is 268 g/mol. The van der Waals surface area contributed by atoms with E-state index in [1.807, 2.05) is 24.3 Å². The molecule has 1 aromatic heterocycles. The van der Waals surface area contributed by atoms with Crippen molar-refractivity contribution in [2.75, 3.05) is 0 Å². The quantitative estimate of drug-likeness (QED) is 0.872. The van der Waals surface area contributed by atoms with Gasteiger partial charge in [-0.1, -0.05) is 41.9 Å². The van der Waals surface area contributed by atoms with Crippen LogP contribution >= 0.6 is 15.9 Å². The van der Waals surface area contributed by atoms with Gasteiger partial charge in [-0.25, -0.2) is 4.79 Å². The van der Waals surface area contributed by atoms with Gasteiger partial charge < -0.3 is 9.97 Å². The largest absolute Gasteiger partial charge is 0.323 e. The second kappa shape index (κ2) is 4.29. The number of rotatable bonds is 2. The predicted octanol–water partition coefficient (Wildman–Crippen LogP) is 3.26. The van der Waals surface area contributed by atoms with Gasteiger partial charge in [0.2, 0.25) is 0 Å². The van der Waals surface area contributed by atoms with Gasteiger partial charge in [0.15, 0.2) is 0 Å². The zero-order valence-corrected chi connectivity index (χ0v) is 10.8. The molecule has 0 aliphatic heterocycles. The first-order valence-electron chi connectivity index (χ1n) is 5.16. The van der Waals surface area contributed by atoms with Crippen molar-refractivity contribution in [2.24, 2.45) is 0 Å². The van der Waals surface area contributed by atoms with E-state index in [2.05, 4.69) is 39.7 Å². The van der Waals surface area contributed by atoms with Crippen molar-refractivity contribution in [2.45, 2.75) is 19.8 Å². The number of hydrogen-bond acceptors (Lipinski definition) is 1. The molecule has 0 amide bonds. The fourth-order valence-electron chi connectivity index (χ4n) is 1.67. The third-order valence-electron chi connectivity index (χ3n) is 2.47. The number of nitrogens with one attached hydrogen (secondary N) is 2. The van der Waals surface area contributed by atoms with Crippen LogP contribution in [0.4, 0.5) is 0 Å². The summed E-state index contributed by atoms with van der Waals surface area (Å²) in [5.74, 6) is 0.289. The summed E-state index contributed by atoms with van der Waals surface area (Å²) >= 11 is 3.39. The molecule has 0 bridgehead atoms. The molecule has 0 atom stereocenters.